The maximum atomic E-state index is 11.6. The summed E-state index contributed by atoms with van der Waals surface area (Å²) in [5.74, 6) is 0.293. The topological polar surface area (TPSA) is 81.4 Å². The van der Waals surface area contributed by atoms with E-state index in [1.165, 1.54) is 18.9 Å². The molecule has 0 bridgehead atoms. The molecule has 0 saturated heterocycles. The van der Waals surface area contributed by atoms with Crippen LogP contribution in [0.25, 0.3) is 0 Å². The van der Waals surface area contributed by atoms with E-state index >= 15 is 0 Å². The summed E-state index contributed by atoms with van der Waals surface area (Å²) in [5, 5.41) is 3.10. The number of rotatable bonds is 6. The predicted molar refractivity (Wildman–Crippen MR) is 78.5 cm³/mol. The van der Waals surface area contributed by atoms with Gasteiger partial charge in [-0.1, -0.05) is 11.6 Å². The van der Waals surface area contributed by atoms with Crippen LogP contribution in [0.15, 0.2) is 18.2 Å². The van der Waals surface area contributed by atoms with Crippen molar-refractivity contribution in [2.75, 3.05) is 29.7 Å². The summed E-state index contributed by atoms with van der Waals surface area (Å²) in [6.07, 6.45) is 0.285. The molecule has 104 valence electrons. The Bertz CT molecular complexity index is 468. The molecule has 5 nitrogen and oxygen atoms in total. The minimum atomic E-state index is -0.285. The lowest BCUT2D eigenvalue weighted by Gasteiger charge is -2.07. The van der Waals surface area contributed by atoms with Gasteiger partial charge < -0.3 is 15.8 Å². The van der Waals surface area contributed by atoms with Gasteiger partial charge in [0, 0.05) is 11.4 Å². The second kappa shape index (κ2) is 7.91. The van der Waals surface area contributed by atoms with E-state index in [1.54, 1.807) is 18.2 Å². The van der Waals surface area contributed by atoms with Crippen molar-refractivity contribution in [3.8, 4) is 0 Å². The molecule has 1 amide bonds. The molecular weight excluding hydrogens is 288 g/mol. The first-order chi connectivity index (χ1) is 9.02. The molecule has 1 aromatic rings. The first-order valence-corrected chi connectivity index (χ1v) is 7.05. The number of carbonyl (C=O) groups is 2. The zero-order valence-corrected chi connectivity index (χ0v) is 12.0. The number of thioether (sulfide) groups is 1. The van der Waals surface area contributed by atoms with Gasteiger partial charge in [-0.15, -0.1) is 0 Å². The van der Waals surface area contributed by atoms with Gasteiger partial charge in [0.2, 0.25) is 5.91 Å². The highest BCUT2D eigenvalue weighted by Crippen LogP contribution is 2.24. The molecule has 0 aliphatic carbocycles. The van der Waals surface area contributed by atoms with Crippen molar-refractivity contribution in [2.45, 2.75) is 6.42 Å². The van der Waals surface area contributed by atoms with Crippen LogP contribution in [0, 0.1) is 0 Å². The number of methoxy groups -OCH3 is 1. The lowest BCUT2D eigenvalue weighted by Crippen LogP contribution is -2.15. The van der Waals surface area contributed by atoms with E-state index in [1.807, 2.05) is 0 Å². The molecule has 0 heterocycles. The van der Waals surface area contributed by atoms with Crippen LogP contribution in [0.2, 0.25) is 5.02 Å². The van der Waals surface area contributed by atoms with E-state index in [0.29, 0.717) is 22.2 Å². The van der Waals surface area contributed by atoms with Gasteiger partial charge in [0.15, 0.2) is 0 Å². The van der Waals surface area contributed by atoms with Gasteiger partial charge in [0.1, 0.15) is 0 Å². The molecule has 0 spiro atoms. The molecule has 0 saturated carbocycles. The van der Waals surface area contributed by atoms with Crippen molar-refractivity contribution in [3.63, 3.8) is 0 Å². The number of nitrogens with two attached hydrogens (primary N) is 1. The summed E-state index contributed by atoms with van der Waals surface area (Å²) >= 11 is 7.27. The van der Waals surface area contributed by atoms with Crippen molar-refractivity contribution >= 4 is 46.6 Å². The third-order valence-electron chi connectivity index (χ3n) is 2.18. The van der Waals surface area contributed by atoms with E-state index in [4.69, 9.17) is 17.3 Å². The SMILES string of the molecule is COC(=O)CCSCC(=O)Nc1cc(N)ccc1Cl. The molecule has 0 aromatic heterocycles. The quantitative estimate of drug-likeness (QED) is 0.478. The smallest absolute Gasteiger partial charge is 0.306 e. The first kappa shape index (κ1) is 15.7. The molecule has 1 rings (SSSR count). The van der Waals surface area contributed by atoms with Crippen LogP contribution < -0.4 is 11.1 Å². The first-order valence-electron chi connectivity index (χ1n) is 5.52. The maximum absolute atomic E-state index is 11.6. The van der Waals surface area contributed by atoms with Gasteiger partial charge in [0.05, 0.1) is 30.0 Å². The second-order valence-corrected chi connectivity index (χ2v) is 5.18. The largest absolute Gasteiger partial charge is 0.469 e. The van der Waals surface area contributed by atoms with Crippen LogP contribution in [-0.2, 0) is 14.3 Å². The fraction of sp³-hybridized carbons (Fsp3) is 0.333. The average molecular weight is 303 g/mol. The predicted octanol–water partition coefficient (Wildman–Crippen LogP) is 2.16. The van der Waals surface area contributed by atoms with Crippen molar-refractivity contribution < 1.29 is 14.3 Å². The highest BCUT2D eigenvalue weighted by Gasteiger charge is 2.07. The molecule has 0 aliphatic rings. The third kappa shape index (κ3) is 5.85. The number of esters is 1. The fourth-order valence-electron chi connectivity index (χ4n) is 1.25. The zero-order chi connectivity index (χ0) is 14.3. The Morgan fingerprint density at radius 1 is 1.47 bits per heavy atom. The number of nitrogen functional groups attached to an aromatic ring is 1. The van der Waals surface area contributed by atoms with Gasteiger partial charge in [-0.05, 0) is 18.2 Å². The van der Waals surface area contributed by atoms with Crippen molar-refractivity contribution in [1.29, 1.82) is 0 Å². The molecule has 0 unspecified atom stereocenters. The van der Waals surface area contributed by atoms with Crippen LogP contribution >= 0.6 is 23.4 Å². The minimum absolute atomic E-state index is 0.192. The van der Waals surface area contributed by atoms with Crippen LogP contribution in [0.5, 0.6) is 0 Å². The normalized spacial score (nSPS) is 10.0. The van der Waals surface area contributed by atoms with Crippen LogP contribution in [0.4, 0.5) is 11.4 Å². The Kier molecular flexibility index (Phi) is 6.52. The molecule has 3 N–H and O–H groups in total. The number of nitrogens with one attached hydrogen (secondary N) is 1. The van der Waals surface area contributed by atoms with E-state index in [0.717, 1.165) is 0 Å². The Balaban J connectivity index is 2.35. The summed E-state index contributed by atoms with van der Waals surface area (Å²) in [4.78, 5) is 22.5. The lowest BCUT2D eigenvalue weighted by molar-refractivity contribution is -0.140. The van der Waals surface area contributed by atoms with E-state index in [2.05, 4.69) is 10.1 Å². The standard InChI is InChI=1S/C12H15ClN2O3S/c1-18-12(17)4-5-19-7-11(16)15-10-6-8(14)2-3-9(10)13/h2-3,6H,4-5,7,14H2,1H3,(H,15,16). The van der Waals surface area contributed by atoms with Crippen LogP contribution in [0.3, 0.4) is 0 Å². The summed E-state index contributed by atoms with van der Waals surface area (Å²) in [7, 11) is 1.33. The number of ether oxygens (including phenoxy) is 1. The lowest BCUT2D eigenvalue weighted by atomic mass is 10.3. The van der Waals surface area contributed by atoms with Gasteiger partial charge in [-0.25, -0.2) is 0 Å². The minimum Gasteiger partial charge on any atom is -0.469 e. The molecule has 0 atom stereocenters. The number of halogens is 1. The third-order valence-corrected chi connectivity index (χ3v) is 3.46. The van der Waals surface area contributed by atoms with Crippen LogP contribution in [0.1, 0.15) is 6.42 Å². The van der Waals surface area contributed by atoms with Gasteiger partial charge in [-0.3, -0.25) is 9.59 Å². The highest BCUT2D eigenvalue weighted by atomic mass is 35.5. The average Bonchev–Trinajstić information content (AvgIpc) is 2.38. The second-order valence-electron chi connectivity index (χ2n) is 3.67. The summed E-state index contributed by atoms with van der Waals surface area (Å²) in [6, 6.07) is 4.87. The van der Waals surface area contributed by atoms with E-state index < -0.39 is 0 Å². The summed E-state index contributed by atoms with van der Waals surface area (Å²) < 4.78 is 4.50. The number of anilines is 2. The molecule has 19 heavy (non-hydrogen) atoms. The summed E-state index contributed by atoms with van der Waals surface area (Å²) in [6.45, 7) is 0. The van der Waals surface area contributed by atoms with Crippen molar-refractivity contribution in [1.82, 2.24) is 0 Å². The monoisotopic (exact) mass is 302 g/mol. The molecule has 1 aromatic carbocycles. The molecule has 0 fully saturated rings. The molecule has 0 aliphatic heterocycles. The fourth-order valence-corrected chi connectivity index (χ4v) is 2.13. The zero-order valence-electron chi connectivity index (χ0n) is 10.4. The van der Waals surface area contributed by atoms with E-state index in [9.17, 15) is 9.59 Å². The van der Waals surface area contributed by atoms with E-state index in [-0.39, 0.29) is 24.1 Å². The number of benzene rings is 1. The van der Waals surface area contributed by atoms with Crippen molar-refractivity contribution in [3.05, 3.63) is 23.2 Å². The Labute approximate surface area is 120 Å². The van der Waals surface area contributed by atoms with Gasteiger partial charge in [-0.2, -0.15) is 11.8 Å². The van der Waals surface area contributed by atoms with Crippen molar-refractivity contribution in [2.24, 2.45) is 0 Å². The molecule has 7 heteroatoms. The van der Waals surface area contributed by atoms with Gasteiger partial charge in [0.25, 0.3) is 0 Å². The Hall–Kier alpha value is -1.40. The number of hydrogen-bond acceptors (Lipinski definition) is 5. The summed E-state index contributed by atoms with van der Waals surface area (Å²) in [5.41, 5.74) is 6.62. The Morgan fingerprint density at radius 3 is 2.89 bits per heavy atom. The molecular formula is C12H15ClN2O3S. The molecule has 0 radical (unpaired) electrons. The number of carbonyl (C=O) groups excluding carboxylic acids is 2. The number of amides is 1. The van der Waals surface area contributed by atoms with Gasteiger partial charge >= 0.3 is 5.97 Å². The maximum Gasteiger partial charge on any atom is 0.306 e. The number of hydrogen-bond donors (Lipinski definition) is 2. The van der Waals surface area contributed by atoms with Crippen LogP contribution in [-0.4, -0.2) is 30.5 Å². The Morgan fingerprint density at radius 2 is 2.21 bits per heavy atom. The highest BCUT2D eigenvalue weighted by molar-refractivity contribution is 7.99.